The summed E-state index contributed by atoms with van der Waals surface area (Å²) in [6.07, 6.45) is 12.4. The topological polar surface area (TPSA) is 72.6 Å². The number of carbonyl (C=O) groups is 1. The van der Waals surface area contributed by atoms with Crippen LogP contribution in [0.5, 0.6) is 0 Å². The van der Waals surface area contributed by atoms with Gasteiger partial charge in [-0.15, -0.1) is 0 Å². The summed E-state index contributed by atoms with van der Waals surface area (Å²) in [5, 5.41) is 15.3. The Kier molecular flexibility index (Phi) is 5.90. The van der Waals surface area contributed by atoms with Gasteiger partial charge in [0.1, 0.15) is 11.6 Å². The molecular weight excluding hydrogens is 450 g/mol. The minimum Gasteiger partial charge on any atom is -0.462 e. The molecule has 4 unspecified atom stereocenters. The molecule has 0 radical (unpaired) electrons. The van der Waals surface area contributed by atoms with Gasteiger partial charge < -0.3 is 14.4 Å². The Morgan fingerprint density at radius 1 is 1.14 bits per heavy atom. The summed E-state index contributed by atoms with van der Waals surface area (Å²) in [5.74, 6) is 2.68. The van der Waals surface area contributed by atoms with Gasteiger partial charge in [-0.3, -0.25) is 4.79 Å². The molecule has 1 aromatic heterocycles. The van der Waals surface area contributed by atoms with E-state index in [0.29, 0.717) is 24.2 Å². The van der Waals surface area contributed by atoms with Crippen molar-refractivity contribution in [1.82, 2.24) is 5.16 Å². The maximum absolute atomic E-state index is 12.3. The number of hydrogen-bond donors (Lipinski definition) is 1. The van der Waals surface area contributed by atoms with Gasteiger partial charge in [-0.2, -0.15) is 0 Å². The van der Waals surface area contributed by atoms with Crippen LogP contribution in [-0.2, 0) is 9.53 Å². The summed E-state index contributed by atoms with van der Waals surface area (Å²) in [5.41, 5.74) is 4.12. The van der Waals surface area contributed by atoms with Crippen molar-refractivity contribution in [2.75, 3.05) is 0 Å². The van der Waals surface area contributed by atoms with E-state index in [2.05, 4.69) is 43.3 Å². The molecule has 0 bridgehead atoms. The second-order valence-electron chi connectivity index (χ2n) is 12.2. The summed E-state index contributed by atoms with van der Waals surface area (Å²) in [6.45, 7) is 6.83. The lowest BCUT2D eigenvalue weighted by atomic mass is 9.47. The summed E-state index contributed by atoms with van der Waals surface area (Å²) in [7, 11) is 0. The molecule has 7 atom stereocenters. The quantitative estimate of drug-likeness (QED) is 0.367. The number of ether oxygens (including phenoxy) is 1. The first-order valence-corrected chi connectivity index (χ1v) is 14.0. The molecular formula is C31H39NO4. The van der Waals surface area contributed by atoms with Crippen LogP contribution < -0.4 is 0 Å². The average Bonchev–Trinajstić information content (AvgIpc) is 3.44. The number of benzene rings is 1. The highest BCUT2D eigenvalue weighted by atomic mass is 16.5. The summed E-state index contributed by atoms with van der Waals surface area (Å²) < 4.78 is 11.7. The predicted octanol–water partition coefficient (Wildman–Crippen LogP) is 6.86. The van der Waals surface area contributed by atoms with Crippen molar-refractivity contribution in [2.45, 2.75) is 90.8 Å². The molecule has 5 heteroatoms. The molecule has 4 aliphatic rings. The van der Waals surface area contributed by atoms with E-state index in [1.807, 2.05) is 19.1 Å². The smallest absolute Gasteiger partial charge is 0.308 e. The molecule has 0 aliphatic heterocycles. The molecule has 0 amide bonds. The number of allylic oxidation sites excluding steroid dienone is 3. The zero-order chi connectivity index (χ0) is 25.1. The third kappa shape index (κ3) is 3.69. The number of aromatic nitrogens is 1. The standard InChI is InChI=1S/C31H39NO4/c1-4-20(33)18-28(34)35-21-13-15-30(2)19(17-21)9-10-22-24-11-12-26(31(24,3)16-14-25(22)30)29-23-7-5-6-8-27(23)32-36-29/h5-9,12,20-22,24-25,33H,4,10-11,13-18H2,1-3H3/t20?,21-,22?,24?,25?,30-,31-/m0/s1. The first kappa shape index (κ1) is 24.0. The average molecular weight is 490 g/mol. The van der Waals surface area contributed by atoms with Gasteiger partial charge >= 0.3 is 5.97 Å². The Morgan fingerprint density at radius 2 is 1.94 bits per heavy atom. The minimum atomic E-state index is -0.600. The SMILES string of the molecule is CCC(O)CC(=O)O[C@H]1CC[C@@]2(C)C(=CCC3C2CC[C@]2(C)C(c4onc5ccccc45)=CCC32)C1. The van der Waals surface area contributed by atoms with Crippen LogP contribution in [0.4, 0.5) is 0 Å². The van der Waals surface area contributed by atoms with Crippen LogP contribution >= 0.6 is 0 Å². The first-order valence-electron chi connectivity index (χ1n) is 14.0. The lowest BCUT2D eigenvalue weighted by molar-refractivity contribution is -0.153. The molecule has 1 aromatic carbocycles. The lowest BCUT2D eigenvalue weighted by Gasteiger charge is -2.57. The monoisotopic (exact) mass is 489 g/mol. The van der Waals surface area contributed by atoms with Crippen molar-refractivity contribution in [2.24, 2.45) is 28.6 Å². The molecule has 6 rings (SSSR count). The second-order valence-corrected chi connectivity index (χ2v) is 12.2. The maximum Gasteiger partial charge on any atom is 0.308 e. The fourth-order valence-corrected chi connectivity index (χ4v) is 8.30. The highest BCUT2D eigenvalue weighted by Gasteiger charge is 2.57. The van der Waals surface area contributed by atoms with Gasteiger partial charge in [-0.1, -0.05) is 55.8 Å². The van der Waals surface area contributed by atoms with Crippen molar-refractivity contribution in [3.8, 4) is 0 Å². The Balaban J connectivity index is 1.20. The van der Waals surface area contributed by atoms with Crippen molar-refractivity contribution < 1.29 is 19.2 Å². The minimum absolute atomic E-state index is 0.0502. The molecule has 2 fully saturated rings. The van der Waals surface area contributed by atoms with Crippen molar-refractivity contribution in [3.05, 3.63) is 47.8 Å². The normalized spacial score (nSPS) is 36.3. The number of aliphatic hydroxyl groups excluding tert-OH is 1. The van der Waals surface area contributed by atoms with Crippen molar-refractivity contribution in [3.63, 3.8) is 0 Å². The van der Waals surface area contributed by atoms with Gasteiger partial charge in [0.05, 0.1) is 12.5 Å². The zero-order valence-electron chi connectivity index (χ0n) is 21.8. The van der Waals surface area contributed by atoms with Gasteiger partial charge in [0, 0.05) is 17.4 Å². The van der Waals surface area contributed by atoms with Gasteiger partial charge in [0.15, 0.2) is 5.76 Å². The molecule has 192 valence electrons. The molecule has 36 heavy (non-hydrogen) atoms. The van der Waals surface area contributed by atoms with Crippen molar-refractivity contribution in [1.29, 1.82) is 0 Å². The Morgan fingerprint density at radius 3 is 2.78 bits per heavy atom. The molecule has 2 aromatic rings. The van der Waals surface area contributed by atoms with Gasteiger partial charge in [0.2, 0.25) is 0 Å². The molecule has 1 N–H and O–H groups in total. The van der Waals surface area contributed by atoms with E-state index in [0.717, 1.165) is 48.8 Å². The van der Waals surface area contributed by atoms with E-state index in [9.17, 15) is 9.90 Å². The van der Waals surface area contributed by atoms with E-state index in [-0.39, 0.29) is 29.3 Å². The van der Waals surface area contributed by atoms with E-state index in [1.165, 1.54) is 24.0 Å². The Labute approximate surface area is 214 Å². The van der Waals surface area contributed by atoms with Crippen molar-refractivity contribution >= 4 is 22.4 Å². The summed E-state index contributed by atoms with van der Waals surface area (Å²) >= 11 is 0. The predicted molar refractivity (Wildman–Crippen MR) is 140 cm³/mol. The number of nitrogens with zero attached hydrogens (tertiary/aromatic N) is 1. The fraction of sp³-hybridized carbons (Fsp3) is 0.613. The van der Waals surface area contributed by atoms with Gasteiger partial charge in [-0.05, 0) is 85.7 Å². The Bertz CT molecular complexity index is 1230. The maximum atomic E-state index is 12.3. The largest absolute Gasteiger partial charge is 0.462 e. The number of fused-ring (bicyclic) bond motifs is 6. The molecule has 5 nitrogen and oxygen atoms in total. The van der Waals surface area contributed by atoms with Crippen LogP contribution in [0.25, 0.3) is 16.5 Å². The number of aliphatic hydroxyl groups is 1. The molecule has 1 heterocycles. The third-order valence-corrected chi connectivity index (χ3v) is 10.4. The molecule has 4 aliphatic carbocycles. The highest BCUT2D eigenvalue weighted by Crippen LogP contribution is 2.66. The molecule has 0 saturated heterocycles. The number of carbonyl (C=O) groups excluding carboxylic acids is 1. The number of rotatable bonds is 5. The van der Waals surface area contributed by atoms with Crippen LogP contribution in [0.15, 0.2) is 46.5 Å². The van der Waals surface area contributed by atoms with Crippen LogP contribution in [0.3, 0.4) is 0 Å². The van der Waals surface area contributed by atoms with Crippen LogP contribution in [-0.4, -0.2) is 28.4 Å². The van der Waals surface area contributed by atoms with E-state index >= 15 is 0 Å². The first-order chi connectivity index (χ1) is 17.3. The van der Waals surface area contributed by atoms with Crippen LogP contribution in [0.1, 0.15) is 84.3 Å². The van der Waals surface area contributed by atoms with E-state index < -0.39 is 6.10 Å². The lowest BCUT2D eigenvalue weighted by Crippen LogP contribution is -2.50. The van der Waals surface area contributed by atoms with Crippen LogP contribution in [0, 0.1) is 28.6 Å². The summed E-state index contributed by atoms with van der Waals surface area (Å²) in [4.78, 5) is 12.3. The van der Waals surface area contributed by atoms with Gasteiger partial charge in [0.25, 0.3) is 0 Å². The summed E-state index contributed by atoms with van der Waals surface area (Å²) in [6, 6.07) is 8.25. The third-order valence-electron chi connectivity index (χ3n) is 10.4. The van der Waals surface area contributed by atoms with Crippen LogP contribution in [0.2, 0.25) is 0 Å². The van der Waals surface area contributed by atoms with E-state index in [4.69, 9.17) is 9.26 Å². The van der Waals surface area contributed by atoms with Gasteiger partial charge in [-0.25, -0.2) is 0 Å². The number of esters is 1. The second kappa shape index (κ2) is 8.86. The fourth-order valence-electron chi connectivity index (χ4n) is 8.30. The molecule has 0 spiro atoms. The zero-order valence-corrected chi connectivity index (χ0v) is 21.8. The molecule has 2 saturated carbocycles. The number of hydrogen-bond acceptors (Lipinski definition) is 5. The van der Waals surface area contributed by atoms with E-state index in [1.54, 1.807) is 0 Å². The highest BCUT2D eigenvalue weighted by molar-refractivity contribution is 5.91. The Hall–Kier alpha value is -2.40.